The summed E-state index contributed by atoms with van der Waals surface area (Å²) in [7, 11) is 0. The molecular formula is C24H20N4O3. The Kier molecular flexibility index (Phi) is 4.51. The second-order valence-electron chi connectivity index (χ2n) is 7.69. The van der Waals surface area contributed by atoms with Crippen molar-refractivity contribution < 1.29 is 14.7 Å². The zero-order valence-electron chi connectivity index (χ0n) is 16.6. The van der Waals surface area contributed by atoms with Crippen LogP contribution in [0.4, 0.5) is 0 Å². The minimum Gasteiger partial charge on any atom is -0.480 e. The first-order valence-corrected chi connectivity index (χ1v) is 10.1. The molecule has 1 atom stereocenters. The van der Waals surface area contributed by atoms with E-state index in [9.17, 15) is 14.7 Å². The lowest BCUT2D eigenvalue weighted by Crippen LogP contribution is -2.36. The van der Waals surface area contributed by atoms with Gasteiger partial charge >= 0.3 is 5.97 Å². The molecule has 1 aromatic carbocycles. The van der Waals surface area contributed by atoms with Gasteiger partial charge in [-0.25, -0.2) is 9.97 Å². The Bertz CT molecular complexity index is 1240. The van der Waals surface area contributed by atoms with Crippen molar-refractivity contribution in [3.8, 4) is 11.4 Å². The molecule has 1 unspecified atom stereocenters. The van der Waals surface area contributed by atoms with Crippen LogP contribution in [0.25, 0.3) is 17.0 Å². The van der Waals surface area contributed by atoms with E-state index in [1.54, 1.807) is 24.4 Å². The number of H-pyrrole nitrogens is 1. The first-order chi connectivity index (χ1) is 15.1. The van der Waals surface area contributed by atoms with Crippen LogP contribution in [-0.2, 0) is 16.6 Å². The fourth-order valence-electron chi connectivity index (χ4n) is 4.06. The SMILES string of the molecule is O=C1NCCc2[nH]c(-c3ccnc(C4(C(=O)O)C=CC(c5ccccc5)=CC4)n3)cc21. The van der Waals surface area contributed by atoms with E-state index in [1.165, 1.54) is 0 Å². The number of carboxylic acids is 1. The largest absolute Gasteiger partial charge is 0.480 e. The first-order valence-electron chi connectivity index (χ1n) is 10.1. The molecule has 7 heteroatoms. The van der Waals surface area contributed by atoms with Crippen LogP contribution in [0.1, 0.15) is 33.9 Å². The molecular weight excluding hydrogens is 392 g/mol. The summed E-state index contributed by atoms with van der Waals surface area (Å²) in [5, 5.41) is 12.9. The van der Waals surface area contributed by atoms with E-state index in [4.69, 9.17) is 0 Å². The Morgan fingerprint density at radius 3 is 2.71 bits per heavy atom. The number of nitrogens with zero attached hydrogens (tertiary/aromatic N) is 2. The highest BCUT2D eigenvalue weighted by Crippen LogP contribution is 2.36. The number of aliphatic carboxylic acids is 1. The van der Waals surface area contributed by atoms with Gasteiger partial charge in [0.15, 0.2) is 5.82 Å². The van der Waals surface area contributed by atoms with Crippen molar-refractivity contribution in [1.29, 1.82) is 0 Å². The Hall–Kier alpha value is -4.00. The number of hydrogen-bond acceptors (Lipinski definition) is 4. The smallest absolute Gasteiger partial charge is 0.321 e. The van der Waals surface area contributed by atoms with E-state index in [2.05, 4.69) is 20.3 Å². The average Bonchev–Trinajstić information content (AvgIpc) is 3.26. The molecule has 2 aliphatic rings. The fraction of sp³-hybridized carbons (Fsp3) is 0.167. The summed E-state index contributed by atoms with van der Waals surface area (Å²) < 4.78 is 0. The minimum atomic E-state index is -1.35. The lowest BCUT2D eigenvalue weighted by atomic mass is 9.78. The third-order valence-corrected chi connectivity index (χ3v) is 5.82. The zero-order chi connectivity index (χ0) is 21.4. The molecule has 3 N–H and O–H groups in total. The highest BCUT2D eigenvalue weighted by Gasteiger charge is 2.41. The number of amides is 1. The number of fused-ring (bicyclic) bond motifs is 1. The Morgan fingerprint density at radius 2 is 2.00 bits per heavy atom. The molecule has 154 valence electrons. The number of carbonyl (C=O) groups is 2. The van der Waals surface area contributed by atoms with Gasteiger partial charge in [0.1, 0.15) is 5.41 Å². The second-order valence-corrected chi connectivity index (χ2v) is 7.69. The summed E-state index contributed by atoms with van der Waals surface area (Å²) in [4.78, 5) is 36.6. The maximum Gasteiger partial charge on any atom is 0.321 e. The van der Waals surface area contributed by atoms with Crippen LogP contribution in [0.2, 0.25) is 0 Å². The summed E-state index contributed by atoms with van der Waals surface area (Å²) in [6, 6.07) is 13.3. The number of aromatic nitrogens is 3. The van der Waals surface area contributed by atoms with Crippen molar-refractivity contribution in [3.05, 3.63) is 89.5 Å². The molecule has 7 nitrogen and oxygen atoms in total. The van der Waals surface area contributed by atoms with Gasteiger partial charge in [-0.2, -0.15) is 0 Å². The van der Waals surface area contributed by atoms with Crippen LogP contribution < -0.4 is 5.32 Å². The van der Waals surface area contributed by atoms with Gasteiger partial charge in [-0.1, -0.05) is 48.6 Å². The van der Waals surface area contributed by atoms with E-state index in [0.717, 1.165) is 16.8 Å². The van der Waals surface area contributed by atoms with Crippen molar-refractivity contribution in [2.45, 2.75) is 18.3 Å². The van der Waals surface area contributed by atoms with Crippen LogP contribution in [0, 0.1) is 0 Å². The third-order valence-electron chi connectivity index (χ3n) is 5.82. The van der Waals surface area contributed by atoms with E-state index in [0.29, 0.717) is 29.9 Å². The monoisotopic (exact) mass is 412 g/mol. The molecule has 2 aromatic heterocycles. The van der Waals surface area contributed by atoms with Gasteiger partial charge < -0.3 is 15.4 Å². The number of carboxylic acid groups (broad SMARTS) is 1. The van der Waals surface area contributed by atoms with Gasteiger partial charge in [0.2, 0.25) is 0 Å². The number of aromatic amines is 1. The Balaban J connectivity index is 1.51. The molecule has 1 aliphatic carbocycles. The van der Waals surface area contributed by atoms with Gasteiger partial charge in [-0.3, -0.25) is 9.59 Å². The summed E-state index contributed by atoms with van der Waals surface area (Å²) in [5.74, 6) is -0.905. The van der Waals surface area contributed by atoms with Gasteiger partial charge in [0, 0.05) is 24.9 Å². The molecule has 3 heterocycles. The third kappa shape index (κ3) is 3.24. The maximum atomic E-state index is 12.3. The molecule has 31 heavy (non-hydrogen) atoms. The maximum absolute atomic E-state index is 12.3. The molecule has 1 aliphatic heterocycles. The molecule has 0 bridgehead atoms. The van der Waals surface area contributed by atoms with E-state index >= 15 is 0 Å². The van der Waals surface area contributed by atoms with Crippen molar-refractivity contribution in [1.82, 2.24) is 20.3 Å². The fourth-order valence-corrected chi connectivity index (χ4v) is 4.06. The summed E-state index contributed by atoms with van der Waals surface area (Å²) in [6.45, 7) is 0.587. The molecule has 0 radical (unpaired) electrons. The quantitative estimate of drug-likeness (QED) is 0.610. The first kappa shape index (κ1) is 19.0. The summed E-state index contributed by atoms with van der Waals surface area (Å²) in [6.07, 6.45) is 7.93. The van der Waals surface area contributed by atoms with Gasteiger partial charge in [0.25, 0.3) is 5.91 Å². The van der Waals surface area contributed by atoms with Crippen LogP contribution in [-0.4, -0.2) is 38.5 Å². The minimum absolute atomic E-state index is 0.117. The number of carbonyl (C=O) groups excluding carboxylic acids is 1. The summed E-state index contributed by atoms with van der Waals surface area (Å²) in [5.41, 5.74) is 3.34. The Labute approximate surface area is 178 Å². The highest BCUT2D eigenvalue weighted by molar-refractivity contribution is 5.97. The molecule has 0 saturated heterocycles. The number of allylic oxidation sites excluding steroid dienone is 3. The van der Waals surface area contributed by atoms with Crippen molar-refractivity contribution >= 4 is 17.4 Å². The Morgan fingerprint density at radius 1 is 1.16 bits per heavy atom. The van der Waals surface area contributed by atoms with Crippen molar-refractivity contribution in [2.75, 3.05) is 6.54 Å². The number of rotatable bonds is 4. The normalized spacial score (nSPS) is 20.0. The van der Waals surface area contributed by atoms with Crippen molar-refractivity contribution in [2.24, 2.45) is 0 Å². The van der Waals surface area contributed by atoms with Gasteiger partial charge in [0.05, 0.1) is 17.0 Å². The van der Waals surface area contributed by atoms with E-state index in [-0.39, 0.29) is 18.2 Å². The predicted molar refractivity (Wildman–Crippen MR) is 115 cm³/mol. The average molecular weight is 412 g/mol. The second kappa shape index (κ2) is 7.36. The molecule has 5 rings (SSSR count). The lowest BCUT2D eigenvalue weighted by molar-refractivity contribution is -0.142. The van der Waals surface area contributed by atoms with Crippen molar-refractivity contribution in [3.63, 3.8) is 0 Å². The van der Waals surface area contributed by atoms with Crippen LogP contribution in [0.3, 0.4) is 0 Å². The number of hydrogen-bond donors (Lipinski definition) is 3. The van der Waals surface area contributed by atoms with Crippen LogP contribution in [0.15, 0.2) is 66.9 Å². The number of benzene rings is 1. The molecule has 0 spiro atoms. The zero-order valence-corrected chi connectivity index (χ0v) is 16.6. The van der Waals surface area contributed by atoms with Gasteiger partial charge in [-0.05, 0) is 29.7 Å². The summed E-state index contributed by atoms with van der Waals surface area (Å²) >= 11 is 0. The van der Waals surface area contributed by atoms with E-state index in [1.807, 2.05) is 42.5 Å². The lowest BCUT2D eigenvalue weighted by Gasteiger charge is -2.26. The number of nitrogens with one attached hydrogen (secondary N) is 2. The van der Waals surface area contributed by atoms with Crippen LogP contribution in [0.5, 0.6) is 0 Å². The van der Waals surface area contributed by atoms with Gasteiger partial charge in [-0.15, -0.1) is 0 Å². The molecule has 1 amide bonds. The molecule has 0 saturated carbocycles. The molecule has 0 fully saturated rings. The molecule has 3 aromatic rings. The highest BCUT2D eigenvalue weighted by atomic mass is 16.4. The topological polar surface area (TPSA) is 108 Å². The van der Waals surface area contributed by atoms with Crippen LogP contribution >= 0.6 is 0 Å². The predicted octanol–water partition coefficient (Wildman–Crippen LogP) is 3.12. The standard InChI is InChI=1S/C24H20N4O3/c29-21-17-14-20(27-18(17)8-12-25-21)19-9-13-26-22(28-19)24(23(30)31)10-6-16(7-11-24)15-4-2-1-3-5-15/h1-7,9-10,13-14,27H,8,11-12H2,(H,25,29)(H,30,31). The van der Waals surface area contributed by atoms with E-state index < -0.39 is 11.4 Å².